The van der Waals surface area contributed by atoms with Crippen LogP contribution in [-0.4, -0.2) is 68.0 Å². The molecule has 1 aromatic heterocycles. The molecule has 1 amide bonds. The highest BCUT2D eigenvalue weighted by Crippen LogP contribution is 2.47. The summed E-state index contributed by atoms with van der Waals surface area (Å²) in [5, 5.41) is 3.12. The molecular weight excluding hydrogens is 533 g/mol. The maximum atomic E-state index is 13.1. The van der Waals surface area contributed by atoms with Gasteiger partial charge in [0.05, 0.1) is 40.9 Å². The third kappa shape index (κ3) is 5.34. The van der Waals surface area contributed by atoms with E-state index >= 15 is 0 Å². The fraction of sp³-hybridized carbons (Fsp3) is 0.556. The number of carbonyl (C=O) groups is 1. The minimum absolute atomic E-state index is 0.0476. The number of aryl methyl sites for hydroxylation is 1. The van der Waals surface area contributed by atoms with Crippen LogP contribution in [0.4, 0.5) is 0 Å². The van der Waals surface area contributed by atoms with E-state index in [9.17, 15) is 9.59 Å². The smallest absolute Gasteiger partial charge is 0.256 e. The number of rotatable bonds is 7. The summed E-state index contributed by atoms with van der Waals surface area (Å²) in [5.74, 6) is 0.868. The zero-order valence-electron chi connectivity index (χ0n) is 21.8. The highest BCUT2D eigenvalue weighted by atomic mass is 35.5. The van der Waals surface area contributed by atoms with Gasteiger partial charge in [-0.15, -0.1) is 0 Å². The van der Waals surface area contributed by atoms with E-state index in [1.807, 2.05) is 0 Å². The van der Waals surface area contributed by atoms with Gasteiger partial charge in [0.1, 0.15) is 18.5 Å². The number of hydrogen-bond donors (Lipinski definition) is 2. The summed E-state index contributed by atoms with van der Waals surface area (Å²) in [5.41, 5.74) is 0.778. The second kappa shape index (κ2) is 11.3. The summed E-state index contributed by atoms with van der Waals surface area (Å²) in [7, 11) is 3.24. The number of methoxy groups -OCH3 is 2. The molecule has 0 unspecified atom stereocenters. The second-order valence-corrected chi connectivity index (χ2v) is 11.0. The Kier molecular flexibility index (Phi) is 8.09. The van der Waals surface area contributed by atoms with Crippen LogP contribution >= 0.6 is 23.2 Å². The third-order valence-corrected chi connectivity index (χ3v) is 8.56. The topological polar surface area (TPSA) is 102 Å². The van der Waals surface area contributed by atoms with Crippen LogP contribution in [0, 0.1) is 12.8 Å². The van der Waals surface area contributed by atoms with Gasteiger partial charge in [-0.2, -0.15) is 0 Å². The Labute approximate surface area is 231 Å². The normalized spacial score (nSPS) is 23.6. The lowest BCUT2D eigenvalue weighted by Crippen LogP contribution is -2.57. The maximum Gasteiger partial charge on any atom is 0.256 e. The minimum atomic E-state index is -0.489. The van der Waals surface area contributed by atoms with Gasteiger partial charge < -0.3 is 29.2 Å². The van der Waals surface area contributed by atoms with Crippen LogP contribution in [-0.2, 0) is 11.3 Å². The lowest BCUT2D eigenvalue weighted by Gasteiger charge is -2.46. The van der Waals surface area contributed by atoms with Gasteiger partial charge in [0.2, 0.25) is 0 Å². The van der Waals surface area contributed by atoms with Crippen molar-refractivity contribution >= 4 is 29.1 Å². The quantitative estimate of drug-likeness (QED) is 0.523. The Hall–Kier alpha value is -2.46. The van der Waals surface area contributed by atoms with Gasteiger partial charge in [-0.05, 0) is 50.7 Å². The van der Waals surface area contributed by atoms with E-state index in [4.69, 9.17) is 42.1 Å². The molecule has 2 N–H and O–H groups in total. The van der Waals surface area contributed by atoms with Crippen molar-refractivity contribution in [3.63, 3.8) is 0 Å². The van der Waals surface area contributed by atoms with Crippen molar-refractivity contribution in [1.82, 2.24) is 15.2 Å². The maximum absolute atomic E-state index is 13.1. The number of ether oxygens (including phenoxy) is 4. The Morgan fingerprint density at radius 3 is 2.58 bits per heavy atom. The summed E-state index contributed by atoms with van der Waals surface area (Å²) in [6, 6.07) is 3.75. The monoisotopic (exact) mass is 565 g/mol. The summed E-state index contributed by atoms with van der Waals surface area (Å²) < 4.78 is 23.1. The van der Waals surface area contributed by atoms with Crippen molar-refractivity contribution in [1.29, 1.82) is 0 Å². The third-order valence-electron chi connectivity index (χ3n) is 7.90. The summed E-state index contributed by atoms with van der Waals surface area (Å²) in [4.78, 5) is 30.7. The molecule has 1 aliphatic carbocycles. The van der Waals surface area contributed by atoms with Crippen molar-refractivity contribution in [2.75, 3.05) is 33.9 Å². The number of hydrogen-bond acceptors (Lipinski definition) is 7. The molecule has 3 heterocycles. The van der Waals surface area contributed by atoms with Crippen LogP contribution in [0.15, 0.2) is 16.9 Å². The molecule has 1 aromatic carbocycles. The van der Waals surface area contributed by atoms with E-state index in [-0.39, 0.29) is 33.8 Å². The van der Waals surface area contributed by atoms with Crippen molar-refractivity contribution < 1.29 is 23.7 Å². The van der Waals surface area contributed by atoms with Gasteiger partial charge in [0.15, 0.2) is 11.5 Å². The number of aromatic nitrogens is 1. The number of nitrogens with zero attached hydrogens (tertiary/aromatic N) is 1. The van der Waals surface area contributed by atoms with E-state index in [2.05, 4.69) is 15.2 Å². The van der Waals surface area contributed by atoms with E-state index < -0.39 is 5.91 Å². The molecule has 2 fully saturated rings. The van der Waals surface area contributed by atoms with Crippen LogP contribution in [0.1, 0.15) is 47.3 Å². The van der Waals surface area contributed by atoms with Gasteiger partial charge in [-0.3, -0.25) is 14.5 Å². The molecule has 0 spiro atoms. The number of amides is 1. The minimum Gasteiger partial charge on any atom is -0.496 e. The van der Waals surface area contributed by atoms with Gasteiger partial charge in [-0.1, -0.05) is 23.2 Å². The number of nitrogens with one attached hydrogen (secondary N) is 2. The van der Waals surface area contributed by atoms with Crippen LogP contribution in [0.2, 0.25) is 10.0 Å². The molecule has 0 radical (unpaired) electrons. The fourth-order valence-electron chi connectivity index (χ4n) is 5.63. The van der Waals surface area contributed by atoms with Crippen LogP contribution in [0.25, 0.3) is 0 Å². The Balaban J connectivity index is 1.26. The Morgan fingerprint density at radius 2 is 1.89 bits per heavy atom. The number of pyridine rings is 1. The van der Waals surface area contributed by atoms with Crippen LogP contribution in [0.3, 0.4) is 0 Å². The molecule has 206 valence electrons. The number of halogens is 2. The van der Waals surface area contributed by atoms with E-state index in [0.29, 0.717) is 53.2 Å². The largest absolute Gasteiger partial charge is 0.496 e. The molecular formula is C27H33Cl2N3O6. The first-order valence-corrected chi connectivity index (χ1v) is 13.7. The molecule has 5 rings (SSSR count). The SMILES string of the molecule is COc1cc(C)[nH]c(=O)c1CNC(=O)c1cc(Cl)c2c(c1Cl)O[C@@H]([C@H]1CC[C@@H](N3CC(OC)C3)CC1)CO2. The molecule has 11 heteroatoms. The molecule has 1 atom stereocenters. The predicted molar refractivity (Wildman–Crippen MR) is 144 cm³/mol. The molecule has 1 saturated heterocycles. The number of H-pyrrole nitrogens is 1. The standard InChI is InChI=1S/C27H33Cl2N3O6/c1-14-8-21(36-3)19(27(34)31-14)10-30-26(33)18-9-20(28)24-25(23(18)29)38-22(13-37-24)15-4-6-16(7-5-15)32-11-17(12-32)35-2/h8-9,15-17,22H,4-7,10-13H2,1-3H3,(H,30,33)(H,31,34)/t15-,16+,22-/m1/s1. The average Bonchev–Trinajstić information content (AvgIpc) is 2.89. The first kappa shape index (κ1) is 27.1. The number of aromatic amines is 1. The molecule has 9 nitrogen and oxygen atoms in total. The number of fused-ring (bicyclic) bond motifs is 1. The molecule has 3 aliphatic rings. The van der Waals surface area contributed by atoms with Crippen molar-refractivity contribution in [3.05, 3.63) is 49.4 Å². The lowest BCUT2D eigenvalue weighted by atomic mass is 9.81. The van der Waals surface area contributed by atoms with Gasteiger partial charge in [0.25, 0.3) is 11.5 Å². The van der Waals surface area contributed by atoms with Crippen LogP contribution < -0.4 is 25.1 Å². The first-order chi connectivity index (χ1) is 18.3. The zero-order valence-corrected chi connectivity index (χ0v) is 23.3. The van der Waals surface area contributed by atoms with Crippen molar-refractivity contribution in [3.8, 4) is 17.2 Å². The Bertz CT molecular complexity index is 1250. The number of likely N-dealkylation sites (tertiary alicyclic amines) is 1. The first-order valence-electron chi connectivity index (χ1n) is 12.9. The molecule has 2 aliphatic heterocycles. The van der Waals surface area contributed by atoms with Gasteiger partial charge >= 0.3 is 0 Å². The molecule has 0 bridgehead atoms. The molecule has 38 heavy (non-hydrogen) atoms. The predicted octanol–water partition coefficient (Wildman–Crippen LogP) is 3.96. The molecule has 1 saturated carbocycles. The average molecular weight is 566 g/mol. The highest BCUT2D eigenvalue weighted by Gasteiger charge is 2.39. The summed E-state index contributed by atoms with van der Waals surface area (Å²) >= 11 is 13.1. The number of carbonyl (C=O) groups excluding carboxylic acids is 1. The second-order valence-electron chi connectivity index (χ2n) is 10.2. The van der Waals surface area contributed by atoms with E-state index in [0.717, 1.165) is 38.8 Å². The van der Waals surface area contributed by atoms with Crippen molar-refractivity contribution in [2.24, 2.45) is 5.92 Å². The van der Waals surface area contributed by atoms with E-state index in [1.54, 1.807) is 20.1 Å². The van der Waals surface area contributed by atoms with Crippen LogP contribution in [0.5, 0.6) is 17.2 Å². The summed E-state index contributed by atoms with van der Waals surface area (Å²) in [6.45, 7) is 4.10. The van der Waals surface area contributed by atoms with E-state index in [1.165, 1.54) is 13.2 Å². The van der Waals surface area contributed by atoms with Gasteiger partial charge in [-0.25, -0.2) is 0 Å². The van der Waals surface area contributed by atoms with Gasteiger partial charge in [0, 0.05) is 31.9 Å². The zero-order chi connectivity index (χ0) is 27.0. The van der Waals surface area contributed by atoms with Crippen molar-refractivity contribution in [2.45, 2.75) is 57.4 Å². The lowest BCUT2D eigenvalue weighted by molar-refractivity contribution is -0.0649. The molecule has 2 aromatic rings. The highest BCUT2D eigenvalue weighted by molar-refractivity contribution is 6.38. The number of benzene rings is 1. The summed E-state index contributed by atoms with van der Waals surface area (Å²) in [6.07, 6.45) is 4.45. The fourth-order valence-corrected chi connectivity index (χ4v) is 6.15. The Morgan fingerprint density at radius 1 is 1.16 bits per heavy atom.